The van der Waals surface area contributed by atoms with Crippen molar-refractivity contribution in [1.82, 2.24) is 15.2 Å². The minimum absolute atomic E-state index is 0.0486. The maximum Gasteiger partial charge on any atom is 0.333 e. The molecule has 0 radical (unpaired) electrons. The normalized spacial score (nSPS) is 15.6. The van der Waals surface area contributed by atoms with Gasteiger partial charge in [-0.05, 0) is 31.9 Å². The number of nitrogens with zero attached hydrogens (tertiary/aromatic N) is 4. The lowest BCUT2D eigenvalue weighted by Crippen LogP contribution is -2.33. The maximum absolute atomic E-state index is 11.5. The standard InChI is InChI=1S/C15H19N5O3/c1-2-23-13-5-3-4-12(14(13)20(21)22)19-8-6-11(7-9-19)15-16-10-17-18-15/h3-5,10-11H,2,6-9H2,1H3,(H,16,17,18). The fourth-order valence-electron chi connectivity index (χ4n) is 3.03. The largest absolute Gasteiger partial charge is 0.487 e. The summed E-state index contributed by atoms with van der Waals surface area (Å²) in [5.41, 5.74) is 0.671. The fraction of sp³-hybridized carbons (Fsp3) is 0.467. The molecule has 0 unspecified atom stereocenters. The second-order valence-corrected chi connectivity index (χ2v) is 5.45. The monoisotopic (exact) mass is 317 g/mol. The Kier molecular flexibility index (Phi) is 4.40. The van der Waals surface area contributed by atoms with Gasteiger partial charge in [-0.25, -0.2) is 4.98 Å². The molecule has 1 N–H and O–H groups in total. The van der Waals surface area contributed by atoms with Crippen LogP contribution < -0.4 is 9.64 Å². The SMILES string of the molecule is CCOc1cccc(N2CCC(c3ncn[nH]3)CC2)c1[N+](=O)[O-]. The quantitative estimate of drug-likeness (QED) is 0.672. The molecule has 2 aromatic rings. The number of para-hydroxylation sites is 1. The Labute approximate surface area is 133 Å². The third kappa shape index (κ3) is 3.10. The van der Waals surface area contributed by atoms with Crippen LogP contribution in [0.4, 0.5) is 11.4 Å². The Hall–Kier alpha value is -2.64. The number of nitro groups is 1. The number of piperidine rings is 1. The Morgan fingerprint density at radius 3 is 2.83 bits per heavy atom. The average Bonchev–Trinajstić information content (AvgIpc) is 3.09. The van der Waals surface area contributed by atoms with Crippen LogP contribution in [0.1, 0.15) is 31.5 Å². The number of aromatic nitrogens is 3. The summed E-state index contributed by atoms with van der Waals surface area (Å²) < 4.78 is 5.42. The molecule has 1 aliphatic rings. The highest BCUT2D eigenvalue weighted by Crippen LogP contribution is 2.39. The predicted molar refractivity (Wildman–Crippen MR) is 84.8 cm³/mol. The first kappa shape index (κ1) is 15.3. The molecule has 1 aromatic heterocycles. The van der Waals surface area contributed by atoms with Crippen LogP contribution in [0.2, 0.25) is 0 Å². The number of H-pyrrole nitrogens is 1. The third-order valence-corrected chi connectivity index (χ3v) is 4.12. The van der Waals surface area contributed by atoms with E-state index < -0.39 is 0 Å². The first-order chi connectivity index (χ1) is 11.2. The molecule has 8 nitrogen and oxygen atoms in total. The molecule has 1 saturated heterocycles. The lowest BCUT2D eigenvalue weighted by atomic mass is 9.95. The Morgan fingerprint density at radius 2 is 2.22 bits per heavy atom. The zero-order valence-corrected chi connectivity index (χ0v) is 12.9. The van der Waals surface area contributed by atoms with Gasteiger partial charge in [0.15, 0.2) is 5.75 Å². The average molecular weight is 317 g/mol. The minimum atomic E-state index is -0.358. The van der Waals surface area contributed by atoms with Gasteiger partial charge in [0.05, 0.1) is 11.5 Å². The molecule has 0 atom stereocenters. The van der Waals surface area contributed by atoms with Gasteiger partial charge in [-0.2, -0.15) is 5.10 Å². The van der Waals surface area contributed by atoms with Gasteiger partial charge < -0.3 is 9.64 Å². The molecule has 1 aromatic carbocycles. The van der Waals surface area contributed by atoms with E-state index in [0.717, 1.165) is 31.8 Å². The highest BCUT2D eigenvalue weighted by molar-refractivity contribution is 5.70. The van der Waals surface area contributed by atoms with Crippen molar-refractivity contribution in [1.29, 1.82) is 0 Å². The van der Waals surface area contributed by atoms with E-state index in [1.807, 2.05) is 11.8 Å². The van der Waals surface area contributed by atoms with E-state index >= 15 is 0 Å². The van der Waals surface area contributed by atoms with E-state index in [2.05, 4.69) is 15.2 Å². The highest BCUT2D eigenvalue weighted by Gasteiger charge is 2.29. The Balaban J connectivity index is 1.80. The van der Waals surface area contributed by atoms with Crippen molar-refractivity contribution in [3.8, 4) is 5.75 Å². The lowest BCUT2D eigenvalue weighted by Gasteiger charge is -2.32. The van der Waals surface area contributed by atoms with Crippen molar-refractivity contribution in [2.24, 2.45) is 0 Å². The molecule has 8 heteroatoms. The number of nitro benzene ring substituents is 1. The second kappa shape index (κ2) is 6.64. The number of benzene rings is 1. The molecule has 0 saturated carbocycles. The van der Waals surface area contributed by atoms with E-state index in [9.17, 15) is 10.1 Å². The number of hydrogen-bond donors (Lipinski definition) is 1. The Bertz CT molecular complexity index is 666. The summed E-state index contributed by atoms with van der Waals surface area (Å²) in [5.74, 6) is 1.54. The van der Waals surface area contributed by atoms with Crippen LogP contribution >= 0.6 is 0 Å². The summed E-state index contributed by atoms with van der Waals surface area (Å²) in [7, 11) is 0. The van der Waals surface area contributed by atoms with Gasteiger partial charge in [-0.1, -0.05) is 6.07 Å². The smallest absolute Gasteiger partial charge is 0.333 e. The fourth-order valence-corrected chi connectivity index (χ4v) is 3.03. The number of ether oxygens (including phenoxy) is 1. The highest BCUT2D eigenvalue weighted by atomic mass is 16.6. The van der Waals surface area contributed by atoms with Gasteiger partial charge >= 0.3 is 5.69 Å². The molecule has 1 fully saturated rings. The van der Waals surface area contributed by atoms with Crippen LogP contribution in [0.5, 0.6) is 5.75 Å². The van der Waals surface area contributed by atoms with E-state index in [1.54, 1.807) is 18.2 Å². The molecule has 0 aliphatic carbocycles. The molecular weight excluding hydrogens is 298 g/mol. The van der Waals surface area contributed by atoms with Crippen molar-refractivity contribution in [3.05, 3.63) is 40.5 Å². The first-order valence-electron chi connectivity index (χ1n) is 7.71. The van der Waals surface area contributed by atoms with E-state index in [-0.39, 0.29) is 10.6 Å². The number of anilines is 1. The second-order valence-electron chi connectivity index (χ2n) is 5.45. The summed E-state index contributed by atoms with van der Waals surface area (Å²) in [6.07, 6.45) is 3.27. The number of rotatable bonds is 5. The minimum Gasteiger partial charge on any atom is -0.487 e. The predicted octanol–water partition coefficient (Wildman–Crippen LogP) is 2.50. The number of aromatic amines is 1. The molecular formula is C15H19N5O3. The summed E-state index contributed by atoms with van der Waals surface area (Å²) in [5, 5.41) is 18.3. The molecule has 0 amide bonds. The lowest BCUT2D eigenvalue weighted by molar-refractivity contribution is -0.385. The van der Waals surface area contributed by atoms with Crippen LogP contribution in [0.25, 0.3) is 0 Å². The molecule has 122 valence electrons. The van der Waals surface area contributed by atoms with Crippen molar-refractivity contribution in [2.45, 2.75) is 25.7 Å². The molecule has 3 rings (SSSR count). The summed E-state index contributed by atoms with van der Waals surface area (Å²) in [6, 6.07) is 5.23. The van der Waals surface area contributed by atoms with Gasteiger partial charge in [-0.15, -0.1) is 0 Å². The van der Waals surface area contributed by atoms with Crippen molar-refractivity contribution >= 4 is 11.4 Å². The third-order valence-electron chi connectivity index (χ3n) is 4.12. The van der Waals surface area contributed by atoms with Crippen LogP contribution in [0, 0.1) is 10.1 Å². The van der Waals surface area contributed by atoms with Crippen LogP contribution in [0.15, 0.2) is 24.5 Å². The van der Waals surface area contributed by atoms with E-state index in [1.165, 1.54) is 6.33 Å². The van der Waals surface area contributed by atoms with E-state index in [4.69, 9.17) is 4.74 Å². The Morgan fingerprint density at radius 1 is 1.43 bits per heavy atom. The van der Waals surface area contributed by atoms with E-state index in [0.29, 0.717) is 24.0 Å². The van der Waals surface area contributed by atoms with Crippen LogP contribution in [-0.2, 0) is 0 Å². The van der Waals surface area contributed by atoms with Crippen molar-refractivity contribution < 1.29 is 9.66 Å². The molecule has 2 heterocycles. The van der Waals surface area contributed by atoms with Crippen LogP contribution in [0.3, 0.4) is 0 Å². The molecule has 23 heavy (non-hydrogen) atoms. The van der Waals surface area contributed by atoms with Gasteiger partial charge in [0.1, 0.15) is 17.8 Å². The van der Waals surface area contributed by atoms with Gasteiger partial charge in [0, 0.05) is 19.0 Å². The van der Waals surface area contributed by atoms with Gasteiger partial charge in [0.2, 0.25) is 0 Å². The van der Waals surface area contributed by atoms with Crippen molar-refractivity contribution in [3.63, 3.8) is 0 Å². The summed E-state index contributed by atoms with van der Waals surface area (Å²) >= 11 is 0. The molecule has 1 aliphatic heterocycles. The van der Waals surface area contributed by atoms with Gasteiger partial charge in [0.25, 0.3) is 0 Å². The summed E-state index contributed by atoms with van der Waals surface area (Å²) in [6.45, 7) is 3.70. The first-order valence-corrected chi connectivity index (χ1v) is 7.71. The summed E-state index contributed by atoms with van der Waals surface area (Å²) in [4.78, 5) is 17.4. The van der Waals surface area contributed by atoms with Crippen molar-refractivity contribution in [2.75, 3.05) is 24.6 Å². The van der Waals surface area contributed by atoms with Crippen LogP contribution in [-0.4, -0.2) is 39.8 Å². The topological polar surface area (TPSA) is 97.2 Å². The zero-order chi connectivity index (χ0) is 16.2. The number of hydrogen-bond acceptors (Lipinski definition) is 6. The maximum atomic E-state index is 11.5. The zero-order valence-electron chi connectivity index (χ0n) is 12.9. The molecule has 0 bridgehead atoms. The number of nitrogens with one attached hydrogen (secondary N) is 1. The van der Waals surface area contributed by atoms with Gasteiger partial charge in [-0.3, -0.25) is 15.2 Å². The molecule has 0 spiro atoms.